The summed E-state index contributed by atoms with van der Waals surface area (Å²) in [5.41, 5.74) is -7.26. The van der Waals surface area contributed by atoms with Crippen molar-refractivity contribution in [1.29, 1.82) is 0 Å². The predicted molar refractivity (Wildman–Crippen MR) is 119 cm³/mol. The van der Waals surface area contributed by atoms with E-state index in [9.17, 15) is 15.0 Å². The molecule has 30 heavy (non-hydrogen) atoms. The van der Waals surface area contributed by atoms with Crippen LogP contribution in [0, 0.1) is 5.92 Å². The minimum absolute atomic E-state index is 0.159. The molecule has 0 saturated heterocycles. The van der Waals surface area contributed by atoms with Gasteiger partial charge in [0.05, 0.1) is 18.2 Å². The molecule has 2 aromatic carbocycles. The van der Waals surface area contributed by atoms with Gasteiger partial charge in [0.1, 0.15) is 5.75 Å². The Morgan fingerprint density at radius 2 is 1.77 bits per heavy atom. The van der Waals surface area contributed by atoms with Gasteiger partial charge in [0, 0.05) is 12.3 Å². The quantitative estimate of drug-likeness (QED) is 0.532. The van der Waals surface area contributed by atoms with Crippen LogP contribution in [0.3, 0.4) is 0 Å². The molecular formula is C25H35NO4. The molecule has 0 aliphatic rings. The smallest absolute Gasteiger partial charge is 0.256 e. The van der Waals surface area contributed by atoms with Crippen LogP contribution in [0.5, 0.6) is 5.75 Å². The fourth-order valence-corrected chi connectivity index (χ4v) is 3.05. The monoisotopic (exact) mass is 422 g/mol. The second-order valence-electron chi connectivity index (χ2n) is 7.52. The van der Waals surface area contributed by atoms with Crippen molar-refractivity contribution in [3.8, 4) is 5.75 Å². The van der Waals surface area contributed by atoms with Gasteiger partial charge in [0.15, 0.2) is 5.60 Å². The second kappa shape index (κ2) is 10.1. The van der Waals surface area contributed by atoms with E-state index in [1.165, 1.54) is 54.6 Å². The first-order chi connectivity index (χ1) is 17.8. The van der Waals surface area contributed by atoms with Gasteiger partial charge in [0.2, 0.25) is 0 Å². The highest BCUT2D eigenvalue weighted by atomic mass is 16.5. The summed E-state index contributed by atoms with van der Waals surface area (Å²) >= 11 is 0. The van der Waals surface area contributed by atoms with Crippen LogP contribution in [0.4, 0.5) is 0 Å². The highest BCUT2D eigenvalue weighted by Crippen LogP contribution is 2.29. The lowest BCUT2D eigenvalue weighted by atomic mass is 9.89. The van der Waals surface area contributed by atoms with Gasteiger partial charge in [-0.15, -0.1) is 0 Å². The highest BCUT2D eigenvalue weighted by Gasteiger charge is 2.37. The molecule has 0 unspecified atom stereocenters. The number of hydrogen-bond acceptors (Lipinski definition) is 4. The van der Waals surface area contributed by atoms with Gasteiger partial charge < -0.3 is 20.3 Å². The van der Waals surface area contributed by atoms with Crippen LogP contribution in [0.25, 0.3) is 0 Å². The van der Waals surface area contributed by atoms with Gasteiger partial charge in [-0.3, -0.25) is 4.79 Å². The molecule has 0 aromatic heterocycles. The number of aliphatic hydroxyl groups is 2. The lowest BCUT2D eigenvalue weighted by molar-refractivity contribution is -0.141. The van der Waals surface area contributed by atoms with Gasteiger partial charge in [0.25, 0.3) is 5.91 Å². The molecule has 0 spiro atoms. The molecule has 3 atom stereocenters. The highest BCUT2D eigenvalue weighted by molar-refractivity contribution is 5.86. The summed E-state index contributed by atoms with van der Waals surface area (Å²) in [5, 5.41) is 24.6. The molecule has 5 nitrogen and oxygen atoms in total. The molecule has 2 aromatic rings. The zero-order valence-corrected chi connectivity index (χ0v) is 17.2. The number of carbonyl (C=O) groups excluding carboxylic acids is 1. The maximum absolute atomic E-state index is 13.5. The van der Waals surface area contributed by atoms with Gasteiger partial charge in [-0.05, 0) is 56.2 Å². The summed E-state index contributed by atoms with van der Waals surface area (Å²) in [5.74, 6) is -0.978. The summed E-state index contributed by atoms with van der Waals surface area (Å²) in [6, 6.07) is 9.86. The lowest BCUT2D eigenvalue weighted by Gasteiger charge is -2.33. The van der Waals surface area contributed by atoms with E-state index in [1.54, 1.807) is 0 Å². The van der Waals surface area contributed by atoms with Crippen molar-refractivity contribution in [3.63, 3.8) is 0 Å². The number of carbonyl (C=O) groups is 1. The normalized spacial score (nSPS) is 21.4. The van der Waals surface area contributed by atoms with Crippen LogP contribution in [-0.2, 0) is 10.4 Å². The Morgan fingerprint density at radius 3 is 2.33 bits per heavy atom. The van der Waals surface area contributed by atoms with Crippen molar-refractivity contribution in [2.75, 3.05) is 6.61 Å². The van der Waals surface area contributed by atoms with E-state index in [2.05, 4.69) is 5.32 Å². The first-order valence-electron chi connectivity index (χ1n) is 14.3. The van der Waals surface area contributed by atoms with E-state index in [0.717, 1.165) is 12.8 Å². The fraction of sp³-hybridized carbons (Fsp3) is 0.480. The Hall–Kier alpha value is -2.37. The first-order valence-corrected chi connectivity index (χ1v) is 9.84. The summed E-state index contributed by atoms with van der Waals surface area (Å²) in [6.07, 6.45) is 1.91. The van der Waals surface area contributed by atoms with Crippen LogP contribution >= 0.6 is 0 Å². The molecule has 3 N–H and O–H groups in total. The average Bonchev–Trinajstić information content (AvgIpc) is 2.84. The van der Waals surface area contributed by atoms with E-state index >= 15 is 0 Å². The van der Waals surface area contributed by atoms with Gasteiger partial charge >= 0.3 is 0 Å². The zero-order valence-electron chi connectivity index (χ0n) is 26.2. The van der Waals surface area contributed by atoms with E-state index in [1.807, 2.05) is 13.8 Å². The first kappa shape index (κ1) is 13.8. The van der Waals surface area contributed by atoms with Crippen molar-refractivity contribution in [3.05, 3.63) is 65.7 Å². The van der Waals surface area contributed by atoms with E-state index in [4.69, 9.17) is 17.1 Å². The molecular weight excluding hydrogens is 378 g/mol. The molecule has 0 heterocycles. The predicted octanol–water partition coefficient (Wildman–Crippen LogP) is 4.34. The Labute approximate surface area is 192 Å². The van der Waals surface area contributed by atoms with E-state index < -0.39 is 43.7 Å². The van der Waals surface area contributed by atoms with Crippen LogP contribution in [0.2, 0.25) is 0 Å². The number of benzene rings is 2. The fourth-order valence-electron chi connectivity index (χ4n) is 3.05. The Bertz CT molecular complexity index is 1070. The number of hydrogen-bond donors (Lipinski definition) is 3. The molecule has 0 fully saturated rings. The Balaban J connectivity index is 2.62. The number of amides is 1. The van der Waals surface area contributed by atoms with Crippen molar-refractivity contribution in [2.24, 2.45) is 5.92 Å². The molecule has 0 saturated carbocycles. The van der Waals surface area contributed by atoms with E-state index in [0.29, 0.717) is 12.4 Å². The molecule has 0 aliphatic heterocycles. The summed E-state index contributed by atoms with van der Waals surface area (Å²) in [7, 11) is 0. The van der Waals surface area contributed by atoms with E-state index in [-0.39, 0.29) is 17.0 Å². The van der Waals surface area contributed by atoms with Crippen LogP contribution < -0.4 is 10.1 Å². The SMILES string of the molecule is [2H]C([2H])([2H])C(O)([C@H](NC(=O)[C@](O)(c1ccccc1)C([2H])([2H])[2H])c1ccc(OC[C@H](C)CCC)cc1)C([2H])([2H])[2H]. The third-order valence-electron chi connectivity index (χ3n) is 4.74. The number of rotatable bonds is 10. The molecule has 1 amide bonds. The topological polar surface area (TPSA) is 78.8 Å². The van der Waals surface area contributed by atoms with Gasteiger partial charge in [-0.2, -0.15) is 0 Å². The molecule has 2 rings (SSSR count). The lowest BCUT2D eigenvalue weighted by Crippen LogP contribution is -2.49. The van der Waals surface area contributed by atoms with Gasteiger partial charge in [-0.1, -0.05) is 62.7 Å². The number of ether oxygens (including phenoxy) is 1. The zero-order chi connectivity index (χ0) is 29.9. The molecule has 0 radical (unpaired) electrons. The van der Waals surface area contributed by atoms with Crippen molar-refractivity contribution in [1.82, 2.24) is 5.32 Å². The molecule has 5 heteroatoms. The number of nitrogens with one attached hydrogen (secondary N) is 1. The summed E-state index contributed by atoms with van der Waals surface area (Å²) < 4.78 is 76.6. The van der Waals surface area contributed by atoms with Crippen LogP contribution in [0.15, 0.2) is 54.6 Å². The summed E-state index contributed by atoms with van der Waals surface area (Å²) in [6.45, 7) is -6.06. The standard InChI is InChI=1S/C25H35NO4/c1-6-10-18(2)17-30-21-15-13-19(14-16-21)22(24(3,4)28)26-23(27)25(5,29)20-11-8-7-9-12-20/h7-9,11-16,18,22,28-29H,6,10,17H2,1-5H3,(H,26,27)/t18-,22-,25-/m1/s1/i3D3,4D3,5D3. The minimum atomic E-state index is -3.58. The molecule has 0 aliphatic carbocycles. The third kappa shape index (κ3) is 6.31. The van der Waals surface area contributed by atoms with Crippen molar-refractivity contribution >= 4 is 5.91 Å². The third-order valence-corrected chi connectivity index (χ3v) is 4.74. The maximum Gasteiger partial charge on any atom is 0.256 e. The van der Waals surface area contributed by atoms with Crippen LogP contribution in [-0.4, -0.2) is 28.3 Å². The van der Waals surface area contributed by atoms with Gasteiger partial charge in [-0.25, -0.2) is 0 Å². The Morgan fingerprint density at radius 1 is 1.10 bits per heavy atom. The van der Waals surface area contributed by atoms with Crippen molar-refractivity contribution in [2.45, 2.75) is 64.5 Å². The Kier molecular flexibility index (Phi) is 4.66. The second-order valence-corrected chi connectivity index (χ2v) is 7.52. The minimum Gasteiger partial charge on any atom is -0.493 e. The molecule has 0 bridgehead atoms. The van der Waals surface area contributed by atoms with Crippen molar-refractivity contribution < 1.29 is 32.1 Å². The van der Waals surface area contributed by atoms with Crippen LogP contribution in [0.1, 0.15) is 76.8 Å². The average molecular weight is 423 g/mol. The molecule has 164 valence electrons. The maximum atomic E-state index is 13.5. The largest absolute Gasteiger partial charge is 0.493 e. The summed E-state index contributed by atoms with van der Waals surface area (Å²) in [4.78, 5) is 13.5.